The summed E-state index contributed by atoms with van der Waals surface area (Å²) in [5.74, 6) is -2.63. The van der Waals surface area contributed by atoms with Gasteiger partial charge < -0.3 is 34.3 Å². The Labute approximate surface area is 225 Å². The molecule has 38 heavy (non-hydrogen) atoms. The van der Waals surface area contributed by atoms with Crippen LogP contribution >= 0.6 is 0 Å². The number of hydrogen-bond acceptors (Lipinski definition) is 10. The minimum absolute atomic E-state index is 0.127. The van der Waals surface area contributed by atoms with E-state index >= 15 is 0 Å². The first-order valence-corrected chi connectivity index (χ1v) is 13.0. The number of aliphatic hydroxyl groups is 3. The first-order chi connectivity index (χ1) is 18.0. The lowest BCUT2D eigenvalue weighted by Gasteiger charge is -2.36. The summed E-state index contributed by atoms with van der Waals surface area (Å²) in [6.07, 6.45) is -1.23. The van der Waals surface area contributed by atoms with Crippen LogP contribution in [0.2, 0.25) is 0 Å². The van der Waals surface area contributed by atoms with Crippen LogP contribution < -0.4 is 0 Å². The number of ketones is 1. The van der Waals surface area contributed by atoms with Gasteiger partial charge in [-0.25, -0.2) is 14.4 Å². The molecule has 0 amide bonds. The van der Waals surface area contributed by atoms with Crippen molar-refractivity contribution in [1.82, 2.24) is 0 Å². The van der Waals surface area contributed by atoms with E-state index in [0.717, 1.165) is 43.9 Å². The summed E-state index contributed by atoms with van der Waals surface area (Å²) >= 11 is 0. The van der Waals surface area contributed by atoms with Crippen LogP contribution in [-0.2, 0) is 33.4 Å². The second kappa shape index (κ2) is 20.2. The lowest BCUT2D eigenvalue weighted by atomic mass is 9.92. The zero-order valence-electron chi connectivity index (χ0n) is 22.6. The van der Waals surface area contributed by atoms with E-state index in [2.05, 4.69) is 19.7 Å². The second-order valence-corrected chi connectivity index (χ2v) is 9.09. The molecular weight excluding hydrogens is 496 g/mol. The maximum atomic E-state index is 12.1. The number of carbonyl (C=O) groups is 4. The summed E-state index contributed by atoms with van der Waals surface area (Å²) < 4.78 is 15.6. The summed E-state index contributed by atoms with van der Waals surface area (Å²) in [6, 6.07) is 0. The van der Waals surface area contributed by atoms with Crippen LogP contribution in [0, 0.1) is 0 Å². The van der Waals surface area contributed by atoms with Crippen molar-refractivity contribution < 1.29 is 48.7 Å². The lowest BCUT2D eigenvalue weighted by molar-refractivity contribution is -0.197. The molecule has 0 spiro atoms. The molecule has 0 aliphatic carbocycles. The van der Waals surface area contributed by atoms with Crippen LogP contribution in [0.25, 0.3) is 0 Å². The molecule has 0 aromatic heterocycles. The molecule has 0 aromatic rings. The Hall–Kier alpha value is -2.82. The molecule has 216 valence electrons. The van der Waals surface area contributed by atoms with E-state index in [1.54, 1.807) is 6.92 Å². The summed E-state index contributed by atoms with van der Waals surface area (Å²) in [4.78, 5) is 47.0. The largest absolute Gasteiger partial charge is 0.456 e. The Kier molecular flexibility index (Phi) is 18.7. The van der Waals surface area contributed by atoms with E-state index in [9.17, 15) is 34.5 Å². The number of rotatable bonds is 22. The smallest absolute Gasteiger partial charge is 0.330 e. The third kappa shape index (κ3) is 14.2. The van der Waals surface area contributed by atoms with E-state index in [0.29, 0.717) is 25.7 Å². The normalized spacial score (nSPS) is 15.6. The van der Waals surface area contributed by atoms with Crippen molar-refractivity contribution in [2.24, 2.45) is 0 Å². The summed E-state index contributed by atoms with van der Waals surface area (Å²) in [5.41, 5.74) is 0. The molecule has 6 unspecified atom stereocenters. The summed E-state index contributed by atoms with van der Waals surface area (Å²) in [6.45, 7) is 13.4. The van der Waals surface area contributed by atoms with Gasteiger partial charge in [0, 0.05) is 24.6 Å². The number of hydrogen-bond donors (Lipinski definition) is 3. The van der Waals surface area contributed by atoms with Gasteiger partial charge in [-0.05, 0) is 32.6 Å². The maximum Gasteiger partial charge on any atom is 0.330 e. The van der Waals surface area contributed by atoms with Gasteiger partial charge in [0.15, 0.2) is 12.2 Å². The Morgan fingerprint density at radius 1 is 0.684 bits per heavy atom. The van der Waals surface area contributed by atoms with Gasteiger partial charge in [-0.2, -0.15) is 0 Å². The van der Waals surface area contributed by atoms with Crippen molar-refractivity contribution in [3.8, 4) is 0 Å². The van der Waals surface area contributed by atoms with Crippen molar-refractivity contribution >= 4 is 23.7 Å². The SMILES string of the molecule is C=CC(=O)OC(CCCC)C(O)C(OC(=O)C=C)C(O)C(OC(=O)C=C)C(O)CCCCCCCC(C)=O. The van der Waals surface area contributed by atoms with Gasteiger partial charge in [0.05, 0.1) is 6.10 Å². The van der Waals surface area contributed by atoms with Gasteiger partial charge in [-0.15, -0.1) is 0 Å². The molecule has 3 N–H and O–H groups in total. The van der Waals surface area contributed by atoms with Gasteiger partial charge in [-0.3, -0.25) is 0 Å². The van der Waals surface area contributed by atoms with Crippen LogP contribution in [0.1, 0.15) is 78.1 Å². The predicted octanol–water partition coefficient (Wildman–Crippen LogP) is 2.87. The molecule has 0 aromatic carbocycles. The van der Waals surface area contributed by atoms with Crippen molar-refractivity contribution in [3.05, 3.63) is 38.0 Å². The van der Waals surface area contributed by atoms with E-state index in [1.807, 2.05) is 6.92 Å². The third-order valence-corrected chi connectivity index (χ3v) is 5.91. The molecule has 0 fully saturated rings. The molecule has 6 atom stereocenters. The Balaban J connectivity index is 5.75. The van der Waals surface area contributed by atoms with Crippen LogP contribution in [-0.4, -0.2) is 75.6 Å². The maximum absolute atomic E-state index is 12.1. The zero-order valence-corrected chi connectivity index (χ0v) is 22.6. The Bertz CT molecular complexity index is 778. The van der Waals surface area contributed by atoms with Crippen molar-refractivity contribution in [3.63, 3.8) is 0 Å². The van der Waals surface area contributed by atoms with Gasteiger partial charge in [0.1, 0.15) is 24.1 Å². The quantitative estimate of drug-likeness (QED) is 0.0807. The molecule has 0 bridgehead atoms. The van der Waals surface area contributed by atoms with Crippen LogP contribution in [0.3, 0.4) is 0 Å². The van der Waals surface area contributed by atoms with Crippen molar-refractivity contribution in [2.45, 2.75) is 115 Å². The predicted molar refractivity (Wildman–Crippen MR) is 141 cm³/mol. The van der Waals surface area contributed by atoms with E-state index < -0.39 is 54.5 Å². The monoisotopic (exact) mass is 540 g/mol. The number of ether oxygens (including phenoxy) is 3. The molecule has 0 aliphatic rings. The minimum Gasteiger partial charge on any atom is -0.456 e. The molecule has 0 heterocycles. The van der Waals surface area contributed by atoms with E-state index in [4.69, 9.17) is 14.2 Å². The van der Waals surface area contributed by atoms with E-state index in [1.165, 1.54) is 0 Å². The number of esters is 3. The van der Waals surface area contributed by atoms with Crippen LogP contribution in [0.4, 0.5) is 0 Å². The fraction of sp³-hybridized carbons (Fsp3) is 0.643. The fourth-order valence-corrected chi connectivity index (χ4v) is 3.80. The minimum atomic E-state index is -1.89. The second-order valence-electron chi connectivity index (χ2n) is 9.09. The van der Waals surface area contributed by atoms with Gasteiger partial charge in [0.2, 0.25) is 0 Å². The Morgan fingerprint density at radius 2 is 1.18 bits per heavy atom. The van der Waals surface area contributed by atoms with Crippen molar-refractivity contribution in [2.75, 3.05) is 0 Å². The molecule has 0 saturated heterocycles. The number of Topliss-reactive ketones (excluding diaryl/α,β-unsaturated/α-hetero) is 1. The average Bonchev–Trinajstić information content (AvgIpc) is 2.90. The highest BCUT2D eigenvalue weighted by Crippen LogP contribution is 2.24. The van der Waals surface area contributed by atoms with Gasteiger partial charge in [-0.1, -0.05) is 58.8 Å². The highest BCUT2D eigenvalue weighted by atomic mass is 16.6. The molecule has 0 radical (unpaired) electrons. The molecular formula is C28H44O10. The topological polar surface area (TPSA) is 157 Å². The molecule has 0 aliphatic heterocycles. The van der Waals surface area contributed by atoms with Gasteiger partial charge in [0.25, 0.3) is 0 Å². The highest BCUT2D eigenvalue weighted by molar-refractivity contribution is 5.82. The molecule has 10 heteroatoms. The van der Waals surface area contributed by atoms with Crippen LogP contribution in [0.5, 0.6) is 0 Å². The standard InChI is InChI=1S/C28H44O10/c1-6-10-18-21(36-22(31)7-2)25(34)28(38-24(33)9-4)26(35)27(37-23(32)8-3)20(30)17-15-13-11-12-14-16-19(5)29/h7-9,20-21,25-28,30,34-35H,2-4,6,10-18H2,1,5H3. The molecule has 0 saturated carbocycles. The summed E-state index contributed by atoms with van der Waals surface area (Å²) in [7, 11) is 0. The van der Waals surface area contributed by atoms with Gasteiger partial charge >= 0.3 is 17.9 Å². The lowest BCUT2D eigenvalue weighted by Crippen LogP contribution is -2.55. The van der Waals surface area contributed by atoms with E-state index in [-0.39, 0.29) is 18.6 Å². The number of aliphatic hydroxyl groups excluding tert-OH is 3. The fourth-order valence-electron chi connectivity index (χ4n) is 3.80. The first-order valence-electron chi connectivity index (χ1n) is 13.0. The number of carbonyl (C=O) groups excluding carboxylic acids is 4. The number of unbranched alkanes of at least 4 members (excludes halogenated alkanes) is 5. The first kappa shape index (κ1) is 35.2. The Morgan fingerprint density at radius 3 is 1.71 bits per heavy atom. The van der Waals surface area contributed by atoms with Crippen LogP contribution in [0.15, 0.2) is 38.0 Å². The zero-order chi connectivity index (χ0) is 29.1. The summed E-state index contributed by atoms with van der Waals surface area (Å²) in [5, 5.41) is 33.0. The third-order valence-electron chi connectivity index (χ3n) is 5.91. The highest BCUT2D eigenvalue weighted by Gasteiger charge is 2.44. The molecule has 10 nitrogen and oxygen atoms in total. The van der Waals surface area contributed by atoms with Crippen molar-refractivity contribution in [1.29, 1.82) is 0 Å². The molecule has 0 rings (SSSR count). The average molecular weight is 541 g/mol.